The highest BCUT2D eigenvalue weighted by Gasteiger charge is 2.29. The highest BCUT2D eigenvalue weighted by Crippen LogP contribution is 2.23. The van der Waals surface area contributed by atoms with Gasteiger partial charge in [-0.2, -0.15) is 11.8 Å². The average molecular weight is 557 g/mol. The molecule has 4 rings (SSSR count). The fraction of sp³-hybridized carbons (Fsp3) is 0.219. The van der Waals surface area contributed by atoms with Crippen LogP contribution in [0, 0.1) is 0 Å². The van der Waals surface area contributed by atoms with Crippen molar-refractivity contribution in [2.45, 2.75) is 24.6 Å². The lowest BCUT2D eigenvalue weighted by Crippen LogP contribution is -2.51. The molecule has 40 heavy (non-hydrogen) atoms. The molecule has 7 nitrogen and oxygen atoms in total. The van der Waals surface area contributed by atoms with Crippen LogP contribution in [-0.4, -0.2) is 53.4 Å². The number of hydrogen-bond acceptors (Lipinski definition) is 5. The zero-order chi connectivity index (χ0) is 28.3. The van der Waals surface area contributed by atoms with Gasteiger partial charge in [-0.1, -0.05) is 78.9 Å². The first-order valence-electron chi connectivity index (χ1n) is 13.0. The van der Waals surface area contributed by atoms with Gasteiger partial charge in [0.25, 0.3) is 5.91 Å². The number of urea groups is 1. The first-order chi connectivity index (χ1) is 19.4. The van der Waals surface area contributed by atoms with Crippen LogP contribution in [0.3, 0.4) is 0 Å². The molecule has 0 bridgehead atoms. The molecule has 0 fully saturated rings. The Morgan fingerprint density at radius 3 is 2.15 bits per heavy atom. The summed E-state index contributed by atoms with van der Waals surface area (Å²) in [5, 5.41) is 12.4. The number of nitrogens with zero attached hydrogens (tertiary/aromatic N) is 1. The van der Waals surface area contributed by atoms with Gasteiger partial charge < -0.3 is 15.2 Å². The SMILES string of the molecule is COC1=CC=C(CN(C(=O)N[C@@H](CSCc2ccccc2)C(=O)O)C(=O)c2ccc(-c3ccccc3)cc2)CC1. The van der Waals surface area contributed by atoms with E-state index in [1.165, 1.54) is 11.8 Å². The number of benzene rings is 3. The topological polar surface area (TPSA) is 95.9 Å². The van der Waals surface area contributed by atoms with Crippen molar-refractivity contribution in [3.8, 4) is 11.1 Å². The normalized spacial score (nSPS) is 13.4. The number of aliphatic carboxylic acids is 1. The Labute approximate surface area is 238 Å². The molecule has 1 atom stereocenters. The van der Waals surface area contributed by atoms with Gasteiger partial charge >= 0.3 is 12.0 Å². The van der Waals surface area contributed by atoms with E-state index in [9.17, 15) is 19.5 Å². The second-order valence-electron chi connectivity index (χ2n) is 9.34. The standard InChI is InChI=1S/C32H32N2O5S/c1-39-28-18-12-23(13-19-28)20-34(30(35)27-16-14-26(15-17-27)25-10-6-3-7-11-25)32(38)33-29(31(36)37)22-40-21-24-8-4-2-5-9-24/h2-12,14-18,29H,13,19-22H2,1H3,(H,33,38)(H,36,37)/t29-/m0/s1. The highest BCUT2D eigenvalue weighted by molar-refractivity contribution is 7.98. The summed E-state index contributed by atoms with van der Waals surface area (Å²) in [7, 11) is 1.61. The Morgan fingerprint density at radius 1 is 0.900 bits per heavy atom. The maximum atomic E-state index is 13.6. The summed E-state index contributed by atoms with van der Waals surface area (Å²) in [6, 6.07) is 24.6. The molecule has 0 unspecified atom stereocenters. The smallest absolute Gasteiger partial charge is 0.327 e. The number of thioether (sulfide) groups is 1. The molecular weight excluding hydrogens is 524 g/mol. The van der Waals surface area contributed by atoms with E-state index in [0.717, 1.165) is 32.9 Å². The monoisotopic (exact) mass is 556 g/mol. The first-order valence-corrected chi connectivity index (χ1v) is 14.1. The third-order valence-electron chi connectivity index (χ3n) is 6.54. The van der Waals surface area contributed by atoms with E-state index in [4.69, 9.17) is 4.74 Å². The Balaban J connectivity index is 1.51. The van der Waals surface area contributed by atoms with Gasteiger partial charge in [0.05, 0.1) is 19.4 Å². The fourth-order valence-electron chi connectivity index (χ4n) is 4.26. The number of carboxylic acid groups (broad SMARTS) is 1. The molecule has 8 heteroatoms. The van der Waals surface area contributed by atoms with Gasteiger partial charge in [0, 0.05) is 23.5 Å². The second-order valence-corrected chi connectivity index (χ2v) is 10.4. The van der Waals surface area contributed by atoms with Crippen molar-refractivity contribution < 1.29 is 24.2 Å². The van der Waals surface area contributed by atoms with Gasteiger partial charge in [-0.05, 0) is 46.9 Å². The van der Waals surface area contributed by atoms with E-state index in [1.807, 2.05) is 84.9 Å². The van der Waals surface area contributed by atoms with Crippen LogP contribution in [0.2, 0.25) is 0 Å². The van der Waals surface area contributed by atoms with E-state index in [1.54, 1.807) is 19.2 Å². The quantitative estimate of drug-likeness (QED) is 0.294. The van der Waals surface area contributed by atoms with Crippen molar-refractivity contribution in [1.29, 1.82) is 0 Å². The molecule has 0 spiro atoms. The van der Waals surface area contributed by atoms with Gasteiger partial charge in [0.2, 0.25) is 0 Å². The van der Waals surface area contributed by atoms with Crippen LogP contribution in [-0.2, 0) is 15.3 Å². The number of amides is 3. The summed E-state index contributed by atoms with van der Waals surface area (Å²) < 4.78 is 5.29. The van der Waals surface area contributed by atoms with Crippen molar-refractivity contribution in [3.63, 3.8) is 0 Å². The summed E-state index contributed by atoms with van der Waals surface area (Å²) >= 11 is 1.41. The molecule has 3 aromatic rings. The predicted octanol–water partition coefficient (Wildman–Crippen LogP) is 6.14. The Morgan fingerprint density at radius 2 is 1.55 bits per heavy atom. The summed E-state index contributed by atoms with van der Waals surface area (Å²) in [5.41, 5.74) is 4.23. The molecule has 0 saturated heterocycles. The fourth-order valence-corrected chi connectivity index (χ4v) is 5.27. The number of hydrogen-bond donors (Lipinski definition) is 2. The van der Waals surface area contributed by atoms with Crippen LogP contribution >= 0.6 is 11.8 Å². The van der Waals surface area contributed by atoms with Crippen molar-refractivity contribution in [2.24, 2.45) is 0 Å². The summed E-state index contributed by atoms with van der Waals surface area (Å²) in [6.07, 6.45) is 4.96. The van der Waals surface area contributed by atoms with E-state index < -0.39 is 23.9 Å². The third-order valence-corrected chi connectivity index (χ3v) is 7.65. The van der Waals surface area contributed by atoms with Crippen molar-refractivity contribution in [1.82, 2.24) is 10.2 Å². The molecule has 206 valence electrons. The molecular formula is C32H32N2O5S. The third kappa shape index (κ3) is 7.86. The molecule has 0 aromatic heterocycles. The molecule has 2 N–H and O–H groups in total. The van der Waals surface area contributed by atoms with E-state index >= 15 is 0 Å². The average Bonchev–Trinajstić information content (AvgIpc) is 3.00. The van der Waals surface area contributed by atoms with Gasteiger partial charge in [-0.25, -0.2) is 9.59 Å². The molecule has 0 radical (unpaired) electrons. The number of allylic oxidation sites excluding steroid dienone is 3. The Bertz CT molecular complexity index is 1370. The number of imide groups is 1. The Hall–Kier alpha value is -4.30. The lowest BCUT2D eigenvalue weighted by Gasteiger charge is -2.26. The van der Waals surface area contributed by atoms with Crippen molar-refractivity contribution in [2.75, 3.05) is 19.4 Å². The van der Waals surface area contributed by atoms with Crippen LogP contribution in [0.25, 0.3) is 11.1 Å². The molecule has 0 heterocycles. The van der Waals surface area contributed by atoms with Gasteiger partial charge in [-0.15, -0.1) is 0 Å². The zero-order valence-corrected chi connectivity index (χ0v) is 23.1. The van der Waals surface area contributed by atoms with Crippen molar-refractivity contribution >= 4 is 29.7 Å². The number of carbonyl (C=O) groups excluding carboxylic acids is 2. The minimum absolute atomic E-state index is 0.0437. The van der Waals surface area contributed by atoms with Crippen LogP contribution < -0.4 is 5.32 Å². The molecule has 1 aliphatic rings. The van der Waals surface area contributed by atoms with Crippen LogP contribution in [0.15, 0.2) is 108 Å². The lowest BCUT2D eigenvalue weighted by molar-refractivity contribution is -0.138. The lowest BCUT2D eigenvalue weighted by atomic mass is 10.0. The molecule has 0 aliphatic heterocycles. The summed E-state index contributed by atoms with van der Waals surface area (Å²) in [5.74, 6) is -0.0627. The molecule has 3 amide bonds. The Kier molecular flexibility index (Phi) is 10.2. The number of rotatable bonds is 11. The minimum Gasteiger partial charge on any atom is -0.501 e. The molecule has 1 aliphatic carbocycles. The minimum atomic E-state index is -1.16. The maximum absolute atomic E-state index is 13.6. The maximum Gasteiger partial charge on any atom is 0.327 e. The predicted molar refractivity (Wildman–Crippen MR) is 158 cm³/mol. The summed E-state index contributed by atoms with van der Waals surface area (Å²) in [4.78, 5) is 40.2. The zero-order valence-electron chi connectivity index (χ0n) is 22.3. The second kappa shape index (κ2) is 14.2. The highest BCUT2D eigenvalue weighted by atomic mass is 32.2. The van der Waals surface area contributed by atoms with Crippen LogP contribution in [0.1, 0.15) is 28.8 Å². The number of nitrogens with one attached hydrogen (secondary N) is 1. The summed E-state index contributed by atoms with van der Waals surface area (Å²) in [6.45, 7) is 0.0437. The number of ether oxygens (including phenoxy) is 1. The van der Waals surface area contributed by atoms with Gasteiger partial charge in [0.15, 0.2) is 0 Å². The number of carboxylic acids is 1. The number of methoxy groups -OCH3 is 1. The van der Waals surface area contributed by atoms with E-state index in [-0.39, 0.29) is 12.3 Å². The van der Waals surface area contributed by atoms with Gasteiger partial charge in [0.1, 0.15) is 6.04 Å². The van der Waals surface area contributed by atoms with Crippen molar-refractivity contribution in [3.05, 3.63) is 120 Å². The van der Waals surface area contributed by atoms with Crippen LogP contribution in [0.4, 0.5) is 4.79 Å². The molecule has 0 saturated carbocycles. The van der Waals surface area contributed by atoms with E-state index in [2.05, 4.69) is 5.32 Å². The largest absolute Gasteiger partial charge is 0.501 e. The van der Waals surface area contributed by atoms with E-state index in [0.29, 0.717) is 24.2 Å². The number of carbonyl (C=O) groups is 3. The molecule has 3 aromatic carbocycles. The van der Waals surface area contributed by atoms with Gasteiger partial charge in [-0.3, -0.25) is 9.69 Å². The first kappa shape index (κ1) is 28.7. The van der Waals surface area contributed by atoms with Crippen LogP contribution in [0.5, 0.6) is 0 Å².